The van der Waals surface area contributed by atoms with Crippen molar-refractivity contribution in [2.45, 2.75) is 115 Å². The van der Waals surface area contributed by atoms with Crippen molar-refractivity contribution < 1.29 is 19.2 Å². The molecule has 2 aromatic rings. The lowest BCUT2D eigenvalue weighted by atomic mass is 10.1. The Morgan fingerprint density at radius 1 is 0.481 bits per heavy atom. The number of guanidine groups is 2. The highest BCUT2D eigenvalue weighted by Crippen LogP contribution is 2.11. The zero-order chi connectivity index (χ0) is 39.2. The molecule has 2 atom stereocenters. The summed E-state index contributed by atoms with van der Waals surface area (Å²) in [7, 11) is 0. The fraction of sp³-hybridized carbons (Fsp3) is 0.550. The number of hydrogen-bond donors (Lipinski definition) is 8. The molecule has 12 N–H and O–H groups in total. The van der Waals surface area contributed by atoms with Gasteiger partial charge in [0.25, 0.3) is 0 Å². The molecule has 0 saturated heterocycles. The lowest BCUT2D eigenvalue weighted by Crippen LogP contribution is -2.47. The van der Waals surface area contributed by atoms with E-state index in [-0.39, 0.29) is 48.4 Å². The molecule has 4 amide bonds. The highest BCUT2D eigenvalue weighted by atomic mass is 16.2. The van der Waals surface area contributed by atoms with Gasteiger partial charge >= 0.3 is 0 Å². The zero-order valence-electron chi connectivity index (χ0n) is 31.9. The second-order valence-electron chi connectivity index (χ2n) is 13.6. The van der Waals surface area contributed by atoms with Gasteiger partial charge < -0.3 is 44.2 Å². The van der Waals surface area contributed by atoms with Crippen molar-refractivity contribution in [1.82, 2.24) is 21.3 Å². The van der Waals surface area contributed by atoms with Crippen LogP contribution in [0.5, 0.6) is 0 Å². The van der Waals surface area contributed by atoms with E-state index in [0.29, 0.717) is 51.9 Å². The molecule has 0 spiro atoms. The van der Waals surface area contributed by atoms with Crippen LogP contribution in [0.2, 0.25) is 0 Å². The maximum absolute atomic E-state index is 12.9. The number of hydrogen-bond acceptors (Lipinski definition) is 6. The summed E-state index contributed by atoms with van der Waals surface area (Å²) in [5.41, 5.74) is 23.4. The molecule has 0 heterocycles. The van der Waals surface area contributed by atoms with Crippen LogP contribution in [0.3, 0.4) is 0 Å². The van der Waals surface area contributed by atoms with E-state index in [2.05, 4.69) is 31.3 Å². The summed E-state index contributed by atoms with van der Waals surface area (Å²) in [6.45, 7) is 1.91. The van der Waals surface area contributed by atoms with Gasteiger partial charge in [-0.15, -0.1) is 0 Å². The van der Waals surface area contributed by atoms with E-state index in [4.69, 9.17) is 22.9 Å². The van der Waals surface area contributed by atoms with Gasteiger partial charge in [-0.1, -0.05) is 112 Å². The van der Waals surface area contributed by atoms with Gasteiger partial charge in [-0.2, -0.15) is 0 Å². The van der Waals surface area contributed by atoms with Crippen molar-refractivity contribution >= 4 is 35.5 Å². The van der Waals surface area contributed by atoms with E-state index < -0.39 is 12.1 Å². The lowest BCUT2D eigenvalue weighted by Gasteiger charge is -2.18. The Morgan fingerprint density at radius 2 is 0.815 bits per heavy atom. The average Bonchev–Trinajstić information content (AvgIpc) is 3.14. The van der Waals surface area contributed by atoms with Gasteiger partial charge in [0.05, 0.1) is 12.8 Å². The molecule has 0 bridgehead atoms. The van der Waals surface area contributed by atoms with Crippen LogP contribution in [-0.2, 0) is 32.0 Å². The summed E-state index contributed by atoms with van der Waals surface area (Å²) >= 11 is 0. The third-order valence-electron chi connectivity index (χ3n) is 8.81. The first kappa shape index (κ1) is 45.0. The number of carbonyl (C=O) groups is 4. The Balaban J connectivity index is 1.56. The van der Waals surface area contributed by atoms with E-state index in [1.807, 2.05) is 60.7 Å². The molecule has 0 unspecified atom stereocenters. The number of benzene rings is 2. The predicted octanol–water partition coefficient (Wildman–Crippen LogP) is 2.68. The maximum Gasteiger partial charge on any atom is 0.242 e. The van der Waals surface area contributed by atoms with Gasteiger partial charge in [-0.3, -0.25) is 29.2 Å². The third-order valence-corrected chi connectivity index (χ3v) is 8.81. The normalized spacial score (nSPS) is 11.8. The number of aliphatic imine (C=N–C) groups is 2. The third kappa shape index (κ3) is 22.7. The summed E-state index contributed by atoms with van der Waals surface area (Å²) in [5, 5.41) is 11.7. The number of rotatable bonds is 29. The lowest BCUT2D eigenvalue weighted by molar-refractivity contribution is -0.128. The molecule has 0 fully saturated rings. The van der Waals surface area contributed by atoms with Crippen LogP contribution in [-0.4, -0.2) is 73.8 Å². The minimum atomic E-state index is -0.644. The van der Waals surface area contributed by atoms with Gasteiger partial charge in [0, 0.05) is 26.2 Å². The van der Waals surface area contributed by atoms with Crippen LogP contribution in [0.1, 0.15) is 101 Å². The molecule has 0 saturated carbocycles. The minimum absolute atomic E-state index is 0.00471. The predicted molar refractivity (Wildman–Crippen MR) is 216 cm³/mol. The Morgan fingerprint density at radius 3 is 1.15 bits per heavy atom. The van der Waals surface area contributed by atoms with Crippen molar-refractivity contribution in [3.8, 4) is 0 Å². The summed E-state index contributed by atoms with van der Waals surface area (Å²) in [6.07, 6.45) is 13.1. The SMILES string of the molecule is NC(N)=NCCC[C@H](NC(=O)Cc1ccccc1)C(=O)NCCCCCCCCCCCCNC(=O)[C@H](CCCN=C(N)N)NC(=O)Cc1ccccc1. The number of nitrogens with one attached hydrogen (secondary N) is 4. The zero-order valence-corrected chi connectivity index (χ0v) is 31.9. The summed E-state index contributed by atoms with van der Waals surface area (Å²) in [5.74, 6) is -0.770. The van der Waals surface area contributed by atoms with Gasteiger partial charge in [-0.25, -0.2) is 0 Å². The molecule has 14 heteroatoms. The van der Waals surface area contributed by atoms with Crippen molar-refractivity contribution in [3.63, 3.8) is 0 Å². The molecule has 0 radical (unpaired) electrons. The Kier molecular flexibility index (Phi) is 23.7. The van der Waals surface area contributed by atoms with E-state index in [1.54, 1.807) is 0 Å². The number of amides is 4. The standard InChI is InChI=1S/C40H64N10O4/c41-39(42)47-27-17-23-33(49-35(51)29-31-19-11-9-12-20-31)37(53)45-25-15-7-5-3-1-2-4-6-8-16-26-46-38(54)34(24-18-28-48-40(43)44)50-36(52)30-32-21-13-10-14-22-32/h9-14,19-22,33-34H,1-8,15-18,23-30H2,(H,45,53)(H,46,54)(H,49,51)(H,50,52)(H4,41,42,47)(H4,43,44,48)/t33-,34-/m0/s1. The molecule has 2 aromatic carbocycles. The Hall–Kier alpha value is -5.14. The summed E-state index contributed by atoms with van der Waals surface area (Å²) in [6, 6.07) is 17.6. The average molecular weight is 749 g/mol. The number of nitrogens with zero attached hydrogens (tertiary/aromatic N) is 2. The van der Waals surface area contributed by atoms with Crippen LogP contribution in [0.4, 0.5) is 0 Å². The molecule has 0 aliphatic carbocycles. The first-order valence-electron chi connectivity index (χ1n) is 19.5. The molecule has 2 rings (SSSR count). The van der Waals surface area contributed by atoms with Crippen LogP contribution in [0.25, 0.3) is 0 Å². The quantitative estimate of drug-likeness (QED) is 0.0348. The highest BCUT2D eigenvalue weighted by Gasteiger charge is 2.21. The molecular weight excluding hydrogens is 685 g/mol. The van der Waals surface area contributed by atoms with Gasteiger partial charge in [0.1, 0.15) is 12.1 Å². The smallest absolute Gasteiger partial charge is 0.242 e. The Bertz CT molecular complexity index is 1310. The largest absolute Gasteiger partial charge is 0.370 e. The molecular formula is C40H64N10O4. The Labute approximate surface area is 321 Å². The molecule has 14 nitrogen and oxygen atoms in total. The molecule has 298 valence electrons. The first-order chi connectivity index (χ1) is 26.1. The van der Waals surface area contributed by atoms with E-state index in [1.165, 1.54) is 12.8 Å². The van der Waals surface area contributed by atoms with Crippen molar-refractivity contribution in [3.05, 3.63) is 71.8 Å². The van der Waals surface area contributed by atoms with E-state index >= 15 is 0 Å². The number of unbranched alkanes of at least 4 members (excludes halogenated alkanes) is 9. The van der Waals surface area contributed by atoms with Crippen LogP contribution >= 0.6 is 0 Å². The number of nitrogens with two attached hydrogens (primary N) is 4. The van der Waals surface area contributed by atoms with Crippen molar-refractivity contribution in [2.75, 3.05) is 26.2 Å². The van der Waals surface area contributed by atoms with Crippen molar-refractivity contribution in [2.24, 2.45) is 32.9 Å². The molecule has 0 aromatic heterocycles. The summed E-state index contributed by atoms with van der Waals surface area (Å²) < 4.78 is 0. The van der Waals surface area contributed by atoms with Gasteiger partial charge in [0.15, 0.2) is 11.9 Å². The fourth-order valence-electron chi connectivity index (χ4n) is 5.93. The first-order valence-corrected chi connectivity index (χ1v) is 19.5. The molecule has 0 aliphatic heterocycles. The number of carbonyl (C=O) groups excluding carboxylic acids is 4. The monoisotopic (exact) mass is 749 g/mol. The molecule has 54 heavy (non-hydrogen) atoms. The fourth-order valence-corrected chi connectivity index (χ4v) is 5.93. The minimum Gasteiger partial charge on any atom is -0.370 e. The second kappa shape index (κ2) is 28.4. The van der Waals surface area contributed by atoms with Gasteiger partial charge in [0.2, 0.25) is 23.6 Å². The van der Waals surface area contributed by atoms with E-state index in [9.17, 15) is 19.2 Å². The van der Waals surface area contributed by atoms with Crippen LogP contribution in [0.15, 0.2) is 70.6 Å². The topological polar surface area (TPSA) is 245 Å². The van der Waals surface area contributed by atoms with Crippen LogP contribution in [0, 0.1) is 0 Å². The van der Waals surface area contributed by atoms with Crippen LogP contribution < -0.4 is 44.2 Å². The van der Waals surface area contributed by atoms with Crippen molar-refractivity contribution in [1.29, 1.82) is 0 Å². The molecule has 0 aliphatic rings. The summed E-state index contributed by atoms with van der Waals surface area (Å²) in [4.78, 5) is 59.1. The highest BCUT2D eigenvalue weighted by molar-refractivity contribution is 5.89. The van der Waals surface area contributed by atoms with E-state index in [0.717, 1.165) is 62.5 Å². The van der Waals surface area contributed by atoms with Gasteiger partial charge in [-0.05, 0) is 49.7 Å². The second-order valence-corrected chi connectivity index (χ2v) is 13.6. The maximum atomic E-state index is 12.9.